The number of nitrogens with zero attached hydrogens (tertiary/aromatic N) is 2. The first-order chi connectivity index (χ1) is 13.5. The predicted molar refractivity (Wildman–Crippen MR) is 118 cm³/mol. The molecule has 4 aromatic rings. The average Bonchev–Trinajstić information content (AvgIpc) is 3.04. The summed E-state index contributed by atoms with van der Waals surface area (Å²) in [5.41, 5.74) is 12.3. The lowest BCUT2D eigenvalue weighted by atomic mass is 9.90. The van der Waals surface area contributed by atoms with Gasteiger partial charge in [-0.05, 0) is 85.7 Å². The highest BCUT2D eigenvalue weighted by Crippen LogP contribution is 2.34. The first-order valence-electron chi connectivity index (χ1n) is 9.76. The van der Waals surface area contributed by atoms with Gasteiger partial charge in [-0.15, -0.1) is 0 Å². The third-order valence-corrected chi connectivity index (χ3v) is 5.59. The number of rotatable bonds is 3. The molecule has 0 spiro atoms. The SMILES string of the molecule is Cc1cc(C)n(-c2cc(C)c(-c3ccc(-c4ccccc4)cc3)c(C)c2C)n1. The van der Waals surface area contributed by atoms with E-state index in [1.54, 1.807) is 0 Å². The Hall–Kier alpha value is -3.13. The van der Waals surface area contributed by atoms with Crippen molar-refractivity contribution in [2.45, 2.75) is 34.6 Å². The molecule has 0 bridgehead atoms. The Morgan fingerprint density at radius 1 is 0.643 bits per heavy atom. The third kappa shape index (κ3) is 3.16. The molecule has 0 unspecified atom stereocenters. The van der Waals surface area contributed by atoms with Crippen molar-refractivity contribution in [2.75, 3.05) is 0 Å². The largest absolute Gasteiger partial charge is 0.238 e. The van der Waals surface area contributed by atoms with E-state index in [0.717, 1.165) is 5.69 Å². The summed E-state index contributed by atoms with van der Waals surface area (Å²) in [5.74, 6) is 0. The molecule has 4 rings (SSSR count). The molecule has 28 heavy (non-hydrogen) atoms. The Morgan fingerprint density at radius 3 is 1.86 bits per heavy atom. The van der Waals surface area contributed by atoms with Crippen molar-refractivity contribution >= 4 is 0 Å². The van der Waals surface area contributed by atoms with Crippen LogP contribution in [0.25, 0.3) is 27.9 Å². The number of benzene rings is 3. The lowest BCUT2D eigenvalue weighted by molar-refractivity contribution is 0.825. The minimum Gasteiger partial charge on any atom is -0.238 e. The highest BCUT2D eigenvalue weighted by molar-refractivity contribution is 5.77. The van der Waals surface area contributed by atoms with E-state index in [4.69, 9.17) is 0 Å². The molecule has 0 atom stereocenters. The summed E-state index contributed by atoms with van der Waals surface area (Å²) in [4.78, 5) is 0. The van der Waals surface area contributed by atoms with Crippen LogP contribution in [0.3, 0.4) is 0 Å². The van der Waals surface area contributed by atoms with E-state index in [0.29, 0.717) is 0 Å². The zero-order chi connectivity index (χ0) is 19.8. The van der Waals surface area contributed by atoms with Gasteiger partial charge in [-0.25, -0.2) is 4.68 Å². The maximum absolute atomic E-state index is 4.69. The van der Waals surface area contributed by atoms with Crippen LogP contribution in [0.1, 0.15) is 28.1 Å². The van der Waals surface area contributed by atoms with E-state index in [9.17, 15) is 0 Å². The fourth-order valence-electron chi connectivity index (χ4n) is 4.06. The molecule has 140 valence electrons. The van der Waals surface area contributed by atoms with Crippen molar-refractivity contribution < 1.29 is 0 Å². The van der Waals surface area contributed by atoms with Crippen LogP contribution < -0.4 is 0 Å². The zero-order valence-corrected chi connectivity index (χ0v) is 17.2. The van der Waals surface area contributed by atoms with Crippen LogP contribution in [0.2, 0.25) is 0 Å². The summed E-state index contributed by atoms with van der Waals surface area (Å²) < 4.78 is 2.06. The molecular weight excluding hydrogens is 340 g/mol. The molecule has 0 saturated heterocycles. The molecule has 0 fully saturated rings. The summed E-state index contributed by atoms with van der Waals surface area (Å²) in [7, 11) is 0. The Labute approximate surface area is 167 Å². The van der Waals surface area contributed by atoms with Crippen molar-refractivity contribution in [1.82, 2.24) is 9.78 Å². The van der Waals surface area contributed by atoms with Crippen LogP contribution in [-0.4, -0.2) is 9.78 Å². The maximum Gasteiger partial charge on any atom is 0.0683 e. The first kappa shape index (κ1) is 18.2. The highest BCUT2D eigenvalue weighted by Gasteiger charge is 2.15. The fourth-order valence-corrected chi connectivity index (χ4v) is 4.06. The van der Waals surface area contributed by atoms with Gasteiger partial charge in [0.1, 0.15) is 0 Å². The summed E-state index contributed by atoms with van der Waals surface area (Å²) in [6, 6.07) is 23.8. The van der Waals surface area contributed by atoms with E-state index in [2.05, 4.69) is 104 Å². The lowest BCUT2D eigenvalue weighted by Gasteiger charge is -2.18. The van der Waals surface area contributed by atoms with Gasteiger partial charge in [0, 0.05) is 5.69 Å². The molecule has 1 heterocycles. The van der Waals surface area contributed by atoms with Crippen molar-refractivity contribution in [3.05, 3.63) is 94.8 Å². The summed E-state index contributed by atoms with van der Waals surface area (Å²) >= 11 is 0. The zero-order valence-electron chi connectivity index (χ0n) is 17.2. The minimum atomic E-state index is 1.05. The topological polar surface area (TPSA) is 17.8 Å². The molecule has 0 aliphatic carbocycles. The highest BCUT2D eigenvalue weighted by atomic mass is 15.3. The number of aryl methyl sites for hydroxylation is 3. The van der Waals surface area contributed by atoms with Crippen LogP contribution in [0.4, 0.5) is 0 Å². The second-order valence-corrected chi connectivity index (χ2v) is 7.62. The van der Waals surface area contributed by atoms with Gasteiger partial charge in [0.05, 0.1) is 11.4 Å². The minimum absolute atomic E-state index is 1.05. The molecule has 0 saturated carbocycles. The Balaban J connectivity index is 1.79. The molecule has 0 radical (unpaired) electrons. The standard InChI is InChI=1S/C26H26N2/c1-17-15-25(28-19(3)16-18(2)27-28)20(4)21(5)26(17)24-13-11-23(12-14-24)22-9-7-6-8-10-22/h6-16H,1-5H3. The molecule has 2 heteroatoms. The van der Waals surface area contributed by atoms with E-state index in [1.807, 2.05) is 6.92 Å². The Bertz CT molecular complexity index is 1130. The fraction of sp³-hybridized carbons (Fsp3) is 0.192. The molecule has 0 aliphatic rings. The quantitative estimate of drug-likeness (QED) is 0.392. The van der Waals surface area contributed by atoms with E-state index >= 15 is 0 Å². The Morgan fingerprint density at radius 2 is 1.25 bits per heavy atom. The van der Waals surface area contributed by atoms with Crippen molar-refractivity contribution in [3.8, 4) is 27.9 Å². The van der Waals surface area contributed by atoms with E-state index in [-0.39, 0.29) is 0 Å². The molecular formula is C26H26N2. The molecule has 1 aromatic heterocycles. The monoisotopic (exact) mass is 366 g/mol. The second-order valence-electron chi connectivity index (χ2n) is 7.62. The summed E-state index contributed by atoms with van der Waals surface area (Å²) in [5, 5.41) is 4.69. The van der Waals surface area contributed by atoms with Crippen LogP contribution in [-0.2, 0) is 0 Å². The molecule has 0 N–H and O–H groups in total. The van der Waals surface area contributed by atoms with E-state index < -0.39 is 0 Å². The van der Waals surface area contributed by atoms with Crippen molar-refractivity contribution in [2.24, 2.45) is 0 Å². The predicted octanol–water partition coefficient (Wildman–Crippen LogP) is 6.75. The first-order valence-corrected chi connectivity index (χ1v) is 9.76. The van der Waals surface area contributed by atoms with E-state index in [1.165, 1.54) is 50.3 Å². The second kappa shape index (κ2) is 7.12. The summed E-state index contributed by atoms with van der Waals surface area (Å²) in [6.07, 6.45) is 0. The van der Waals surface area contributed by atoms with Crippen LogP contribution in [0, 0.1) is 34.6 Å². The van der Waals surface area contributed by atoms with Crippen LogP contribution >= 0.6 is 0 Å². The van der Waals surface area contributed by atoms with Crippen molar-refractivity contribution in [3.63, 3.8) is 0 Å². The van der Waals surface area contributed by atoms with Gasteiger partial charge in [0.15, 0.2) is 0 Å². The molecule has 3 aromatic carbocycles. The van der Waals surface area contributed by atoms with Crippen LogP contribution in [0.5, 0.6) is 0 Å². The average molecular weight is 367 g/mol. The molecule has 0 aliphatic heterocycles. The van der Waals surface area contributed by atoms with Gasteiger partial charge in [-0.2, -0.15) is 5.10 Å². The van der Waals surface area contributed by atoms with Crippen molar-refractivity contribution in [1.29, 1.82) is 0 Å². The van der Waals surface area contributed by atoms with Gasteiger partial charge in [-0.3, -0.25) is 0 Å². The van der Waals surface area contributed by atoms with Crippen LogP contribution in [0.15, 0.2) is 66.7 Å². The van der Waals surface area contributed by atoms with Gasteiger partial charge >= 0.3 is 0 Å². The smallest absolute Gasteiger partial charge is 0.0683 e. The van der Waals surface area contributed by atoms with Gasteiger partial charge in [0.25, 0.3) is 0 Å². The van der Waals surface area contributed by atoms with Gasteiger partial charge < -0.3 is 0 Å². The van der Waals surface area contributed by atoms with Gasteiger partial charge in [-0.1, -0.05) is 54.6 Å². The number of hydrogen-bond acceptors (Lipinski definition) is 1. The molecule has 2 nitrogen and oxygen atoms in total. The molecule has 0 amide bonds. The number of hydrogen-bond donors (Lipinski definition) is 0. The Kier molecular flexibility index (Phi) is 4.64. The normalized spacial score (nSPS) is 11.0. The van der Waals surface area contributed by atoms with Gasteiger partial charge in [0.2, 0.25) is 0 Å². The number of aromatic nitrogens is 2. The lowest BCUT2D eigenvalue weighted by Crippen LogP contribution is -2.05. The maximum atomic E-state index is 4.69. The summed E-state index contributed by atoms with van der Waals surface area (Å²) in [6.45, 7) is 10.8. The third-order valence-electron chi connectivity index (χ3n) is 5.59.